The molecule has 1 N–H and O–H groups in total. The lowest BCUT2D eigenvalue weighted by Gasteiger charge is -2.24. The third-order valence-corrected chi connectivity index (χ3v) is 4.76. The zero-order chi connectivity index (χ0) is 14.7. The van der Waals surface area contributed by atoms with Gasteiger partial charge in [-0.1, -0.05) is 26.7 Å². The number of rotatable bonds is 6. The van der Waals surface area contributed by atoms with Crippen LogP contribution in [0.3, 0.4) is 0 Å². The molecule has 1 aromatic rings. The van der Waals surface area contributed by atoms with Gasteiger partial charge in [0.05, 0.1) is 24.8 Å². The molecular formula is C16H28N4O. The summed E-state index contributed by atoms with van der Waals surface area (Å²) in [6.07, 6.45) is 9.54. The first kappa shape index (κ1) is 15.0. The minimum atomic E-state index is 0.210. The average Bonchev–Trinajstić information content (AvgIpc) is 3.15. The van der Waals surface area contributed by atoms with E-state index in [-0.39, 0.29) is 5.60 Å². The van der Waals surface area contributed by atoms with Crippen LogP contribution in [0.15, 0.2) is 6.33 Å². The summed E-state index contributed by atoms with van der Waals surface area (Å²) < 4.78 is 8.39. The van der Waals surface area contributed by atoms with E-state index < -0.39 is 0 Å². The molecule has 0 aromatic carbocycles. The van der Waals surface area contributed by atoms with Crippen LogP contribution >= 0.6 is 0 Å². The quantitative estimate of drug-likeness (QED) is 0.875. The summed E-state index contributed by atoms with van der Waals surface area (Å²) in [5, 5.41) is 7.82. The molecule has 0 bridgehead atoms. The van der Waals surface area contributed by atoms with Crippen molar-refractivity contribution >= 4 is 0 Å². The molecule has 1 aliphatic heterocycles. The smallest absolute Gasteiger partial charge is 0.140 e. The van der Waals surface area contributed by atoms with E-state index in [0.29, 0.717) is 12.0 Å². The second-order valence-electron chi connectivity index (χ2n) is 7.05. The third kappa shape index (κ3) is 3.64. The third-order valence-electron chi connectivity index (χ3n) is 4.76. The van der Waals surface area contributed by atoms with E-state index >= 15 is 0 Å². The highest BCUT2D eigenvalue weighted by Gasteiger charge is 2.42. The average molecular weight is 292 g/mol. The largest absolute Gasteiger partial charge is 0.370 e. The molecule has 1 saturated heterocycles. The molecule has 1 unspecified atom stereocenters. The van der Waals surface area contributed by atoms with E-state index in [1.165, 1.54) is 38.5 Å². The van der Waals surface area contributed by atoms with Gasteiger partial charge < -0.3 is 10.1 Å². The van der Waals surface area contributed by atoms with Crippen molar-refractivity contribution in [2.75, 3.05) is 6.54 Å². The lowest BCUT2D eigenvalue weighted by Crippen LogP contribution is -2.28. The van der Waals surface area contributed by atoms with Crippen LogP contribution < -0.4 is 5.32 Å². The Bertz CT molecular complexity index is 451. The summed E-state index contributed by atoms with van der Waals surface area (Å²) in [6, 6.07) is 0. The topological polar surface area (TPSA) is 52.0 Å². The fourth-order valence-corrected chi connectivity index (χ4v) is 3.65. The van der Waals surface area contributed by atoms with Gasteiger partial charge in [0.1, 0.15) is 12.2 Å². The lowest BCUT2D eigenvalue weighted by molar-refractivity contribution is -0.0432. The van der Waals surface area contributed by atoms with Gasteiger partial charge in [0.25, 0.3) is 0 Å². The van der Waals surface area contributed by atoms with Gasteiger partial charge in [0, 0.05) is 0 Å². The highest BCUT2D eigenvalue weighted by molar-refractivity contribution is 4.94. The molecule has 1 aromatic heterocycles. The van der Waals surface area contributed by atoms with Gasteiger partial charge in [0.2, 0.25) is 0 Å². The highest BCUT2D eigenvalue weighted by Crippen LogP contribution is 2.43. The van der Waals surface area contributed by atoms with Crippen molar-refractivity contribution in [1.82, 2.24) is 20.1 Å². The number of nitrogens with one attached hydrogen (secondary N) is 1. The van der Waals surface area contributed by atoms with Gasteiger partial charge in [-0.05, 0) is 38.1 Å². The van der Waals surface area contributed by atoms with Crippen LogP contribution in [0.2, 0.25) is 0 Å². The van der Waals surface area contributed by atoms with Crippen molar-refractivity contribution in [2.45, 2.75) is 77.2 Å². The van der Waals surface area contributed by atoms with Crippen molar-refractivity contribution in [3.05, 3.63) is 12.2 Å². The van der Waals surface area contributed by atoms with E-state index in [9.17, 15) is 0 Å². The molecular weight excluding hydrogens is 264 g/mol. The highest BCUT2D eigenvalue weighted by atomic mass is 16.5. The molecule has 2 heterocycles. The summed E-state index contributed by atoms with van der Waals surface area (Å²) >= 11 is 0. The summed E-state index contributed by atoms with van der Waals surface area (Å²) in [5.74, 6) is 1.67. The van der Waals surface area contributed by atoms with Crippen molar-refractivity contribution in [2.24, 2.45) is 5.92 Å². The van der Waals surface area contributed by atoms with Crippen LogP contribution in [0.1, 0.15) is 58.2 Å². The number of aromatic nitrogens is 3. The Hall–Kier alpha value is -0.940. The molecule has 5 heteroatoms. The van der Waals surface area contributed by atoms with Gasteiger partial charge >= 0.3 is 0 Å². The summed E-state index contributed by atoms with van der Waals surface area (Å²) in [5.41, 5.74) is 0.210. The molecule has 5 nitrogen and oxygen atoms in total. The van der Waals surface area contributed by atoms with Crippen molar-refractivity contribution in [3.8, 4) is 0 Å². The molecule has 0 radical (unpaired) electrons. The molecule has 118 valence electrons. The standard InChI is InChI=1S/C16H28N4O/c1-13(2)9-17-10-15-18-12-19-20(15)11-14-5-8-16(21-14)6-3-4-7-16/h12-14,17H,3-11H2,1-2H3. The summed E-state index contributed by atoms with van der Waals surface area (Å²) in [6.45, 7) is 7.07. The number of ether oxygens (including phenoxy) is 1. The minimum Gasteiger partial charge on any atom is -0.370 e. The zero-order valence-corrected chi connectivity index (χ0v) is 13.3. The van der Waals surface area contributed by atoms with Crippen LogP contribution in [0.5, 0.6) is 0 Å². The number of hydrogen-bond acceptors (Lipinski definition) is 4. The van der Waals surface area contributed by atoms with Crippen LogP contribution in [0.25, 0.3) is 0 Å². The zero-order valence-electron chi connectivity index (χ0n) is 13.3. The van der Waals surface area contributed by atoms with E-state index in [1.54, 1.807) is 6.33 Å². The lowest BCUT2D eigenvalue weighted by atomic mass is 9.98. The van der Waals surface area contributed by atoms with Crippen LogP contribution in [0.4, 0.5) is 0 Å². The van der Waals surface area contributed by atoms with E-state index in [1.807, 2.05) is 4.68 Å². The Kier molecular flexibility index (Phi) is 4.60. The van der Waals surface area contributed by atoms with Gasteiger partial charge in [-0.2, -0.15) is 5.10 Å². The Labute approximate surface area is 127 Å². The summed E-state index contributed by atoms with van der Waals surface area (Å²) in [4.78, 5) is 4.38. The van der Waals surface area contributed by atoms with Gasteiger partial charge in [-0.15, -0.1) is 0 Å². The van der Waals surface area contributed by atoms with Crippen molar-refractivity contribution in [1.29, 1.82) is 0 Å². The molecule has 3 rings (SSSR count). The first-order valence-electron chi connectivity index (χ1n) is 8.42. The molecule has 2 fully saturated rings. The first-order valence-corrected chi connectivity index (χ1v) is 8.42. The van der Waals surface area contributed by atoms with Crippen molar-refractivity contribution < 1.29 is 4.74 Å². The van der Waals surface area contributed by atoms with E-state index in [0.717, 1.165) is 25.5 Å². The van der Waals surface area contributed by atoms with Crippen LogP contribution in [0, 0.1) is 5.92 Å². The molecule has 21 heavy (non-hydrogen) atoms. The number of nitrogens with zero attached hydrogens (tertiary/aromatic N) is 3. The fourth-order valence-electron chi connectivity index (χ4n) is 3.65. The van der Waals surface area contributed by atoms with Crippen LogP contribution in [-0.4, -0.2) is 33.0 Å². The monoisotopic (exact) mass is 292 g/mol. The molecule has 2 aliphatic rings. The van der Waals surface area contributed by atoms with Crippen LogP contribution in [-0.2, 0) is 17.8 Å². The van der Waals surface area contributed by atoms with E-state index in [4.69, 9.17) is 4.74 Å². The number of hydrogen-bond donors (Lipinski definition) is 1. The second kappa shape index (κ2) is 6.44. The maximum Gasteiger partial charge on any atom is 0.140 e. The normalized spacial score (nSPS) is 24.4. The maximum absolute atomic E-state index is 6.37. The molecule has 1 spiro atoms. The Balaban J connectivity index is 1.52. The van der Waals surface area contributed by atoms with Gasteiger partial charge in [0.15, 0.2) is 0 Å². The SMILES string of the molecule is CC(C)CNCc1ncnn1CC1CCC2(CCCC2)O1. The summed E-state index contributed by atoms with van der Waals surface area (Å²) in [7, 11) is 0. The molecule has 1 aliphatic carbocycles. The first-order chi connectivity index (χ1) is 10.2. The Morgan fingerprint density at radius 3 is 2.95 bits per heavy atom. The maximum atomic E-state index is 6.37. The predicted molar refractivity (Wildman–Crippen MR) is 81.9 cm³/mol. The van der Waals surface area contributed by atoms with Gasteiger partial charge in [-0.25, -0.2) is 9.67 Å². The fraction of sp³-hybridized carbons (Fsp3) is 0.875. The van der Waals surface area contributed by atoms with Gasteiger partial charge in [-0.3, -0.25) is 0 Å². The molecule has 1 atom stereocenters. The second-order valence-corrected chi connectivity index (χ2v) is 7.05. The molecule has 1 saturated carbocycles. The van der Waals surface area contributed by atoms with Crippen molar-refractivity contribution in [3.63, 3.8) is 0 Å². The predicted octanol–water partition coefficient (Wildman–Crippen LogP) is 2.52. The van der Waals surface area contributed by atoms with E-state index in [2.05, 4.69) is 29.2 Å². The Morgan fingerprint density at radius 2 is 2.19 bits per heavy atom. The molecule has 0 amide bonds. The minimum absolute atomic E-state index is 0.210. The Morgan fingerprint density at radius 1 is 1.38 bits per heavy atom.